The standard InChI is InChI=1S/C18H24N4O2S/c1-12-7-3-4-8-13(12)19-17(24)21-16(23)11-25-18-20-14-9-5-6-10-15(14)22(18)2/h5-6,9-10,12-13H,3-4,7-8,11H2,1-2H3,(H2,19,21,23,24). The van der Waals surface area contributed by atoms with Crippen molar-refractivity contribution < 1.29 is 9.59 Å². The molecule has 2 aromatic rings. The predicted octanol–water partition coefficient (Wildman–Crippen LogP) is 3.07. The molecule has 134 valence electrons. The lowest BCUT2D eigenvalue weighted by Crippen LogP contribution is -2.48. The van der Waals surface area contributed by atoms with Crippen LogP contribution in [0.25, 0.3) is 11.0 Å². The highest BCUT2D eigenvalue weighted by Crippen LogP contribution is 2.24. The van der Waals surface area contributed by atoms with Gasteiger partial charge in [-0.3, -0.25) is 10.1 Å². The van der Waals surface area contributed by atoms with E-state index in [-0.39, 0.29) is 17.7 Å². The first-order chi connectivity index (χ1) is 12.0. The number of nitrogens with one attached hydrogen (secondary N) is 2. The molecule has 7 heteroatoms. The molecule has 1 aromatic heterocycles. The number of carbonyl (C=O) groups is 2. The molecule has 0 aliphatic heterocycles. The van der Waals surface area contributed by atoms with Gasteiger partial charge in [0.15, 0.2) is 5.16 Å². The van der Waals surface area contributed by atoms with Gasteiger partial charge in [-0.1, -0.05) is 43.7 Å². The van der Waals surface area contributed by atoms with Crippen LogP contribution < -0.4 is 10.6 Å². The van der Waals surface area contributed by atoms with E-state index in [0.29, 0.717) is 5.92 Å². The van der Waals surface area contributed by atoms with Crippen LogP contribution in [0.1, 0.15) is 32.6 Å². The molecule has 0 saturated heterocycles. The topological polar surface area (TPSA) is 76.0 Å². The minimum absolute atomic E-state index is 0.158. The molecule has 3 rings (SSSR count). The summed E-state index contributed by atoms with van der Waals surface area (Å²) in [6.45, 7) is 2.15. The SMILES string of the molecule is CC1CCCCC1NC(=O)NC(=O)CSc1nc2ccccc2n1C. The van der Waals surface area contributed by atoms with E-state index >= 15 is 0 Å². The van der Waals surface area contributed by atoms with Gasteiger partial charge in [-0.2, -0.15) is 0 Å². The second-order valence-electron chi connectivity index (χ2n) is 6.62. The molecule has 1 aliphatic carbocycles. The zero-order valence-corrected chi connectivity index (χ0v) is 15.4. The van der Waals surface area contributed by atoms with E-state index in [4.69, 9.17) is 0 Å². The molecule has 25 heavy (non-hydrogen) atoms. The zero-order chi connectivity index (χ0) is 17.8. The van der Waals surface area contributed by atoms with Gasteiger partial charge in [0, 0.05) is 13.1 Å². The van der Waals surface area contributed by atoms with Crippen molar-refractivity contribution in [2.75, 3.05) is 5.75 Å². The molecule has 1 aliphatic rings. The Bertz CT molecular complexity index is 774. The lowest BCUT2D eigenvalue weighted by atomic mass is 9.86. The molecule has 1 saturated carbocycles. The van der Waals surface area contributed by atoms with Crippen LogP contribution in [-0.4, -0.2) is 33.3 Å². The predicted molar refractivity (Wildman–Crippen MR) is 99.5 cm³/mol. The normalized spacial score (nSPS) is 20.4. The minimum atomic E-state index is -0.394. The fraction of sp³-hybridized carbons (Fsp3) is 0.500. The number of hydrogen-bond donors (Lipinski definition) is 2. The van der Waals surface area contributed by atoms with Gasteiger partial charge >= 0.3 is 6.03 Å². The number of thioether (sulfide) groups is 1. The number of carbonyl (C=O) groups excluding carboxylic acids is 2. The number of urea groups is 1. The summed E-state index contributed by atoms with van der Waals surface area (Å²) in [5.41, 5.74) is 1.92. The maximum absolute atomic E-state index is 12.0. The monoisotopic (exact) mass is 360 g/mol. The maximum Gasteiger partial charge on any atom is 0.321 e. The van der Waals surface area contributed by atoms with E-state index in [1.165, 1.54) is 18.2 Å². The molecule has 1 aromatic carbocycles. The summed E-state index contributed by atoms with van der Waals surface area (Å²) in [4.78, 5) is 28.6. The quantitative estimate of drug-likeness (QED) is 0.822. The lowest BCUT2D eigenvalue weighted by Gasteiger charge is -2.29. The number of hydrogen-bond acceptors (Lipinski definition) is 4. The summed E-state index contributed by atoms with van der Waals surface area (Å²) in [5.74, 6) is 0.312. The average Bonchev–Trinajstić information content (AvgIpc) is 2.91. The number of amides is 3. The van der Waals surface area contributed by atoms with Crippen molar-refractivity contribution in [3.63, 3.8) is 0 Å². The Kier molecular flexibility index (Phi) is 5.63. The van der Waals surface area contributed by atoms with Crippen molar-refractivity contribution in [2.45, 2.75) is 43.8 Å². The third kappa shape index (κ3) is 4.34. The van der Waals surface area contributed by atoms with Crippen molar-refractivity contribution in [3.05, 3.63) is 24.3 Å². The molecule has 3 amide bonds. The summed E-state index contributed by atoms with van der Waals surface area (Å²) in [7, 11) is 1.92. The summed E-state index contributed by atoms with van der Waals surface area (Å²) in [6, 6.07) is 7.60. The van der Waals surface area contributed by atoms with Gasteiger partial charge in [0.1, 0.15) is 0 Å². The largest absolute Gasteiger partial charge is 0.335 e. The summed E-state index contributed by atoms with van der Waals surface area (Å²) in [5, 5.41) is 6.12. The van der Waals surface area contributed by atoms with E-state index < -0.39 is 6.03 Å². The van der Waals surface area contributed by atoms with Crippen LogP contribution >= 0.6 is 11.8 Å². The lowest BCUT2D eigenvalue weighted by molar-refractivity contribution is -0.117. The van der Waals surface area contributed by atoms with Crippen LogP contribution in [0.15, 0.2) is 29.4 Å². The second kappa shape index (κ2) is 7.91. The van der Waals surface area contributed by atoms with Crippen LogP contribution in [0, 0.1) is 5.92 Å². The van der Waals surface area contributed by atoms with Crippen LogP contribution in [0.5, 0.6) is 0 Å². The van der Waals surface area contributed by atoms with Gasteiger partial charge in [0.05, 0.1) is 16.8 Å². The van der Waals surface area contributed by atoms with Crippen LogP contribution in [0.3, 0.4) is 0 Å². The number of nitrogens with zero attached hydrogens (tertiary/aromatic N) is 2. The molecule has 2 unspecified atom stereocenters. The molecular weight excluding hydrogens is 336 g/mol. The van der Waals surface area contributed by atoms with Gasteiger partial charge < -0.3 is 9.88 Å². The number of aryl methyl sites for hydroxylation is 1. The van der Waals surface area contributed by atoms with Gasteiger partial charge in [-0.05, 0) is 30.9 Å². The van der Waals surface area contributed by atoms with Crippen molar-refractivity contribution in [1.82, 2.24) is 20.2 Å². The van der Waals surface area contributed by atoms with Gasteiger partial charge in [0.2, 0.25) is 5.91 Å². The van der Waals surface area contributed by atoms with Crippen molar-refractivity contribution in [1.29, 1.82) is 0 Å². The highest BCUT2D eigenvalue weighted by atomic mass is 32.2. The smallest absolute Gasteiger partial charge is 0.321 e. The number of benzene rings is 1. The highest BCUT2D eigenvalue weighted by Gasteiger charge is 2.23. The fourth-order valence-electron chi connectivity index (χ4n) is 3.28. The molecule has 2 N–H and O–H groups in total. The molecule has 1 fully saturated rings. The van der Waals surface area contributed by atoms with Crippen molar-refractivity contribution >= 4 is 34.7 Å². The Morgan fingerprint density at radius 2 is 2.04 bits per heavy atom. The molecular formula is C18H24N4O2S. The highest BCUT2D eigenvalue weighted by molar-refractivity contribution is 7.99. The van der Waals surface area contributed by atoms with Crippen LogP contribution in [-0.2, 0) is 11.8 Å². The summed E-state index contributed by atoms with van der Waals surface area (Å²) in [6.07, 6.45) is 4.46. The third-order valence-electron chi connectivity index (χ3n) is 4.76. The Morgan fingerprint density at radius 3 is 2.80 bits per heavy atom. The molecule has 0 spiro atoms. The number of fused-ring (bicyclic) bond motifs is 1. The van der Waals surface area contributed by atoms with Gasteiger partial charge in [-0.25, -0.2) is 9.78 Å². The number of aromatic nitrogens is 2. The minimum Gasteiger partial charge on any atom is -0.335 e. The Morgan fingerprint density at radius 1 is 1.28 bits per heavy atom. The van der Waals surface area contributed by atoms with Crippen molar-refractivity contribution in [2.24, 2.45) is 13.0 Å². The maximum atomic E-state index is 12.0. The van der Waals surface area contributed by atoms with E-state index in [9.17, 15) is 9.59 Å². The Balaban J connectivity index is 1.50. The first-order valence-electron chi connectivity index (χ1n) is 8.69. The number of para-hydroxylation sites is 2. The number of rotatable bonds is 4. The van der Waals surface area contributed by atoms with E-state index in [2.05, 4.69) is 22.5 Å². The molecule has 6 nitrogen and oxygen atoms in total. The first kappa shape index (κ1) is 17.8. The van der Waals surface area contributed by atoms with E-state index in [0.717, 1.165) is 35.5 Å². The fourth-order valence-corrected chi connectivity index (χ4v) is 4.07. The zero-order valence-electron chi connectivity index (χ0n) is 14.6. The van der Waals surface area contributed by atoms with Crippen LogP contribution in [0.2, 0.25) is 0 Å². The summed E-state index contributed by atoms with van der Waals surface area (Å²) >= 11 is 1.33. The number of imidazole rings is 1. The average molecular weight is 360 g/mol. The molecule has 0 bridgehead atoms. The van der Waals surface area contributed by atoms with Gasteiger partial charge in [0.25, 0.3) is 0 Å². The molecule has 2 atom stereocenters. The Hall–Kier alpha value is -2.02. The summed E-state index contributed by atoms with van der Waals surface area (Å²) < 4.78 is 1.96. The third-order valence-corrected chi connectivity index (χ3v) is 5.79. The van der Waals surface area contributed by atoms with Gasteiger partial charge in [-0.15, -0.1) is 0 Å². The number of imide groups is 1. The second-order valence-corrected chi connectivity index (χ2v) is 7.56. The van der Waals surface area contributed by atoms with E-state index in [1.54, 1.807) is 0 Å². The molecule has 1 heterocycles. The Labute approximate surface area is 151 Å². The van der Waals surface area contributed by atoms with E-state index in [1.807, 2.05) is 35.9 Å². The molecule has 0 radical (unpaired) electrons. The van der Waals surface area contributed by atoms with Crippen LogP contribution in [0.4, 0.5) is 4.79 Å². The first-order valence-corrected chi connectivity index (χ1v) is 9.68. The van der Waals surface area contributed by atoms with Crippen molar-refractivity contribution in [3.8, 4) is 0 Å².